The first kappa shape index (κ1) is 12.3. The number of hydrogen-bond acceptors (Lipinski definition) is 2. The lowest BCUT2D eigenvalue weighted by Gasteiger charge is -2.08. The van der Waals surface area contributed by atoms with Crippen LogP contribution in [-0.2, 0) is 6.18 Å². The van der Waals surface area contributed by atoms with Crippen molar-refractivity contribution in [2.45, 2.75) is 6.18 Å². The van der Waals surface area contributed by atoms with Gasteiger partial charge in [-0.3, -0.25) is 0 Å². The molecule has 0 atom stereocenters. The third-order valence-corrected chi connectivity index (χ3v) is 2.39. The summed E-state index contributed by atoms with van der Waals surface area (Å²) >= 11 is 0. The standard InChI is InChI=1S/C12H8F4N2/c13-11-9(5-6-10(17)18-11)7-1-3-8(4-2-7)12(14,15)16/h1-6H,(H2,17,18). The van der Waals surface area contributed by atoms with Crippen molar-refractivity contribution in [3.63, 3.8) is 0 Å². The van der Waals surface area contributed by atoms with E-state index >= 15 is 0 Å². The average molecular weight is 256 g/mol. The van der Waals surface area contributed by atoms with Gasteiger partial charge in [0.05, 0.1) is 5.56 Å². The van der Waals surface area contributed by atoms with E-state index in [9.17, 15) is 17.6 Å². The van der Waals surface area contributed by atoms with E-state index in [1.54, 1.807) is 0 Å². The van der Waals surface area contributed by atoms with E-state index in [-0.39, 0.29) is 11.4 Å². The molecule has 2 N–H and O–H groups in total. The molecule has 1 aromatic carbocycles. The maximum Gasteiger partial charge on any atom is 0.416 e. The minimum Gasteiger partial charge on any atom is -0.384 e. The second-order valence-corrected chi connectivity index (χ2v) is 3.65. The molecule has 0 fully saturated rings. The van der Waals surface area contributed by atoms with Crippen molar-refractivity contribution in [1.82, 2.24) is 4.98 Å². The van der Waals surface area contributed by atoms with E-state index in [2.05, 4.69) is 4.98 Å². The zero-order valence-corrected chi connectivity index (χ0v) is 9.00. The number of aromatic nitrogens is 1. The Labute approximate surface area is 100 Å². The third-order valence-electron chi connectivity index (χ3n) is 2.39. The van der Waals surface area contributed by atoms with Gasteiger partial charge in [0.15, 0.2) is 0 Å². The van der Waals surface area contributed by atoms with Crippen LogP contribution in [0, 0.1) is 5.95 Å². The molecule has 0 spiro atoms. The third kappa shape index (κ3) is 2.42. The summed E-state index contributed by atoms with van der Waals surface area (Å²) in [6.07, 6.45) is -4.41. The minimum atomic E-state index is -4.41. The van der Waals surface area contributed by atoms with E-state index in [1.165, 1.54) is 24.3 Å². The van der Waals surface area contributed by atoms with Gasteiger partial charge in [0.2, 0.25) is 5.95 Å². The van der Waals surface area contributed by atoms with E-state index in [1.807, 2.05) is 0 Å². The first-order valence-electron chi connectivity index (χ1n) is 4.97. The number of halogens is 4. The van der Waals surface area contributed by atoms with E-state index in [4.69, 9.17) is 5.73 Å². The van der Waals surface area contributed by atoms with Crippen LogP contribution >= 0.6 is 0 Å². The molecule has 2 aromatic rings. The van der Waals surface area contributed by atoms with Crippen LogP contribution in [-0.4, -0.2) is 4.98 Å². The zero-order chi connectivity index (χ0) is 13.3. The van der Waals surface area contributed by atoms with Crippen LogP contribution < -0.4 is 5.73 Å². The quantitative estimate of drug-likeness (QED) is 0.626. The minimum absolute atomic E-state index is 0.0168. The van der Waals surface area contributed by atoms with Gasteiger partial charge < -0.3 is 5.73 Å². The maximum atomic E-state index is 13.5. The molecule has 0 amide bonds. The second kappa shape index (κ2) is 4.29. The van der Waals surface area contributed by atoms with E-state index in [0.29, 0.717) is 5.56 Å². The van der Waals surface area contributed by atoms with Crippen LogP contribution in [0.1, 0.15) is 5.56 Å². The van der Waals surface area contributed by atoms with Crippen LogP contribution in [0.5, 0.6) is 0 Å². The van der Waals surface area contributed by atoms with E-state index < -0.39 is 17.7 Å². The maximum absolute atomic E-state index is 13.5. The molecule has 0 radical (unpaired) electrons. The smallest absolute Gasteiger partial charge is 0.384 e. The number of nitrogen functional groups attached to an aromatic ring is 1. The van der Waals surface area contributed by atoms with Crippen LogP contribution in [0.3, 0.4) is 0 Å². The highest BCUT2D eigenvalue weighted by Gasteiger charge is 2.30. The van der Waals surface area contributed by atoms with Gasteiger partial charge in [-0.25, -0.2) is 4.98 Å². The predicted molar refractivity (Wildman–Crippen MR) is 59.0 cm³/mol. The number of nitrogens with zero attached hydrogens (tertiary/aromatic N) is 1. The first-order chi connectivity index (χ1) is 8.38. The fourth-order valence-electron chi connectivity index (χ4n) is 1.50. The Morgan fingerprint density at radius 3 is 2.06 bits per heavy atom. The summed E-state index contributed by atoms with van der Waals surface area (Å²) in [6.45, 7) is 0. The van der Waals surface area contributed by atoms with Gasteiger partial charge in [0.25, 0.3) is 0 Å². The molecule has 1 heterocycles. The molecule has 0 unspecified atom stereocenters. The fourth-order valence-corrected chi connectivity index (χ4v) is 1.50. The number of alkyl halides is 3. The summed E-state index contributed by atoms with van der Waals surface area (Å²) in [6, 6.07) is 6.94. The molecule has 0 aliphatic carbocycles. The number of benzene rings is 1. The Bertz CT molecular complexity index is 561. The van der Waals surface area contributed by atoms with Crippen molar-refractivity contribution in [2.24, 2.45) is 0 Å². The van der Waals surface area contributed by atoms with Crippen LogP contribution in [0.4, 0.5) is 23.4 Å². The molecule has 0 aliphatic rings. The summed E-state index contributed by atoms with van der Waals surface area (Å²) in [4.78, 5) is 3.41. The molecule has 2 nitrogen and oxygen atoms in total. The summed E-state index contributed by atoms with van der Waals surface area (Å²) < 4.78 is 50.5. The molecule has 18 heavy (non-hydrogen) atoms. The average Bonchev–Trinajstić information content (AvgIpc) is 2.28. The number of pyridine rings is 1. The lowest BCUT2D eigenvalue weighted by Crippen LogP contribution is -2.04. The molecule has 2 rings (SSSR count). The Morgan fingerprint density at radius 1 is 0.944 bits per heavy atom. The normalized spacial score (nSPS) is 11.6. The van der Waals surface area contributed by atoms with Crippen molar-refractivity contribution in [3.05, 3.63) is 47.9 Å². The first-order valence-corrected chi connectivity index (χ1v) is 4.97. The van der Waals surface area contributed by atoms with Gasteiger partial charge in [0, 0.05) is 5.56 Å². The topological polar surface area (TPSA) is 38.9 Å². The predicted octanol–water partition coefficient (Wildman–Crippen LogP) is 3.49. The Kier molecular flexibility index (Phi) is 2.94. The monoisotopic (exact) mass is 256 g/mol. The Morgan fingerprint density at radius 2 is 1.56 bits per heavy atom. The van der Waals surface area contributed by atoms with Crippen LogP contribution in [0.2, 0.25) is 0 Å². The number of anilines is 1. The van der Waals surface area contributed by atoms with Gasteiger partial charge in [-0.15, -0.1) is 0 Å². The Hall–Kier alpha value is -2.11. The van der Waals surface area contributed by atoms with Crippen molar-refractivity contribution >= 4 is 5.82 Å². The van der Waals surface area contributed by atoms with Gasteiger partial charge in [-0.05, 0) is 29.8 Å². The lowest BCUT2D eigenvalue weighted by atomic mass is 10.1. The van der Waals surface area contributed by atoms with Crippen molar-refractivity contribution < 1.29 is 17.6 Å². The molecule has 0 aliphatic heterocycles. The highest BCUT2D eigenvalue weighted by Crippen LogP contribution is 2.31. The van der Waals surface area contributed by atoms with Crippen LogP contribution in [0.25, 0.3) is 11.1 Å². The summed E-state index contributed by atoms with van der Waals surface area (Å²) in [5.74, 6) is -0.794. The van der Waals surface area contributed by atoms with Gasteiger partial charge in [-0.1, -0.05) is 12.1 Å². The lowest BCUT2D eigenvalue weighted by molar-refractivity contribution is -0.137. The van der Waals surface area contributed by atoms with Gasteiger partial charge in [-0.2, -0.15) is 17.6 Å². The highest BCUT2D eigenvalue weighted by atomic mass is 19.4. The van der Waals surface area contributed by atoms with E-state index in [0.717, 1.165) is 12.1 Å². The molecule has 1 aromatic heterocycles. The highest BCUT2D eigenvalue weighted by molar-refractivity contribution is 5.64. The number of rotatable bonds is 1. The molecular weight excluding hydrogens is 248 g/mol. The molecule has 6 heteroatoms. The van der Waals surface area contributed by atoms with Gasteiger partial charge in [0.1, 0.15) is 5.82 Å². The summed E-state index contributed by atoms with van der Waals surface area (Å²) in [7, 11) is 0. The SMILES string of the molecule is Nc1ccc(-c2ccc(C(F)(F)F)cc2)c(F)n1. The summed E-state index contributed by atoms with van der Waals surface area (Å²) in [5.41, 5.74) is 4.93. The van der Waals surface area contributed by atoms with Crippen molar-refractivity contribution in [3.8, 4) is 11.1 Å². The second-order valence-electron chi connectivity index (χ2n) is 3.65. The molecule has 0 bridgehead atoms. The largest absolute Gasteiger partial charge is 0.416 e. The van der Waals surface area contributed by atoms with Crippen molar-refractivity contribution in [1.29, 1.82) is 0 Å². The number of hydrogen-bond donors (Lipinski definition) is 1. The number of nitrogens with two attached hydrogens (primary N) is 1. The molecular formula is C12H8F4N2. The molecule has 0 saturated heterocycles. The van der Waals surface area contributed by atoms with Gasteiger partial charge >= 0.3 is 6.18 Å². The fraction of sp³-hybridized carbons (Fsp3) is 0.0833. The van der Waals surface area contributed by atoms with Crippen LogP contribution in [0.15, 0.2) is 36.4 Å². The zero-order valence-electron chi connectivity index (χ0n) is 9.00. The summed E-state index contributed by atoms with van der Waals surface area (Å²) in [5, 5.41) is 0. The molecule has 94 valence electrons. The molecule has 0 saturated carbocycles. The van der Waals surface area contributed by atoms with Crippen molar-refractivity contribution in [2.75, 3.05) is 5.73 Å². The Balaban J connectivity index is 2.41.